The van der Waals surface area contributed by atoms with Crippen molar-refractivity contribution in [3.8, 4) is 0 Å². The van der Waals surface area contributed by atoms with Crippen LogP contribution in [0.15, 0.2) is 66.7 Å². The normalized spacial score (nSPS) is 12.8. The molecule has 0 fully saturated rings. The smallest absolute Gasteiger partial charge is 0.243 e. The van der Waals surface area contributed by atoms with E-state index in [4.69, 9.17) is 23.2 Å². The molecule has 232 valence electrons. The van der Waals surface area contributed by atoms with Crippen LogP contribution in [0.4, 0.5) is 5.69 Å². The van der Waals surface area contributed by atoms with Crippen LogP contribution < -0.4 is 9.62 Å². The van der Waals surface area contributed by atoms with Gasteiger partial charge >= 0.3 is 0 Å². The van der Waals surface area contributed by atoms with Gasteiger partial charge < -0.3 is 10.2 Å². The van der Waals surface area contributed by atoms with Crippen LogP contribution in [0.2, 0.25) is 10.0 Å². The van der Waals surface area contributed by atoms with Gasteiger partial charge in [0, 0.05) is 42.0 Å². The van der Waals surface area contributed by atoms with Gasteiger partial charge in [-0.2, -0.15) is 0 Å². The van der Waals surface area contributed by atoms with Crippen molar-refractivity contribution in [1.29, 1.82) is 0 Å². The summed E-state index contributed by atoms with van der Waals surface area (Å²) in [6, 6.07) is 19.2. The Morgan fingerprint density at radius 3 is 2.30 bits per heavy atom. The zero-order valence-corrected chi connectivity index (χ0v) is 27.8. The maximum absolute atomic E-state index is 14.0. The van der Waals surface area contributed by atoms with E-state index < -0.39 is 16.1 Å². The molecule has 0 bridgehead atoms. The zero-order chi connectivity index (χ0) is 31.7. The lowest BCUT2D eigenvalue weighted by Crippen LogP contribution is -2.52. The molecule has 2 amide bonds. The van der Waals surface area contributed by atoms with Crippen LogP contribution in [0.3, 0.4) is 0 Å². The van der Waals surface area contributed by atoms with Gasteiger partial charge in [-0.05, 0) is 74.1 Å². The van der Waals surface area contributed by atoms with Gasteiger partial charge in [-0.3, -0.25) is 13.9 Å². The quantitative estimate of drug-likeness (QED) is 0.211. The lowest BCUT2D eigenvalue weighted by Gasteiger charge is -2.33. The second-order valence-electron chi connectivity index (χ2n) is 10.9. The van der Waals surface area contributed by atoms with Crippen molar-refractivity contribution in [2.45, 2.75) is 72.0 Å². The van der Waals surface area contributed by atoms with Crippen LogP contribution in [0.25, 0.3) is 0 Å². The summed E-state index contributed by atoms with van der Waals surface area (Å²) in [5, 5.41) is 3.91. The van der Waals surface area contributed by atoms with E-state index in [-0.39, 0.29) is 43.8 Å². The monoisotopic (exact) mass is 645 g/mol. The second-order valence-corrected chi connectivity index (χ2v) is 13.7. The molecule has 0 aromatic heterocycles. The number of amides is 2. The molecule has 0 unspecified atom stereocenters. The highest BCUT2D eigenvalue weighted by Gasteiger charge is 2.31. The maximum atomic E-state index is 14.0. The molecular formula is C33H41Cl2N3O4S. The van der Waals surface area contributed by atoms with Crippen LogP contribution >= 0.6 is 23.2 Å². The molecule has 0 saturated heterocycles. The number of nitrogens with one attached hydrogen (secondary N) is 1. The van der Waals surface area contributed by atoms with Crippen molar-refractivity contribution in [1.82, 2.24) is 10.2 Å². The molecule has 1 N–H and O–H groups in total. The molecule has 0 radical (unpaired) electrons. The predicted octanol–water partition coefficient (Wildman–Crippen LogP) is 6.71. The van der Waals surface area contributed by atoms with Crippen molar-refractivity contribution >= 4 is 50.7 Å². The standard InChI is InChI=1S/C33H41Cl2N3O4S/c1-6-24(3)36-33(40)31(20-26-13-8-7-9-14-26)37(22-27-17-18-28(34)21-29(27)35)32(39)16-11-19-38(43(5,41)42)30-15-10-12-23(2)25(30)4/h7-10,12-15,17-18,21,24,31H,6,11,16,19-20,22H2,1-5H3,(H,36,40)/t24-,31+/m0/s1. The number of rotatable bonds is 14. The molecule has 0 spiro atoms. The van der Waals surface area contributed by atoms with Gasteiger partial charge in [-0.15, -0.1) is 0 Å². The van der Waals surface area contributed by atoms with Crippen molar-refractivity contribution in [3.05, 3.63) is 99.0 Å². The molecule has 2 atom stereocenters. The van der Waals surface area contributed by atoms with Crippen LogP contribution in [-0.2, 0) is 32.6 Å². The third-order valence-electron chi connectivity index (χ3n) is 7.62. The maximum Gasteiger partial charge on any atom is 0.243 e. The van der Waals surface area contributed by atoms with E-state index in [1.807, 2.05) is 70.2 Å². The van der Waals surface area contributed by atoms with Crippen molar-refractivity contribution in [2.75, 3.05) is 17.1 Å². The van der Waals surface area contributed by atoms with E-state index in [0.717, 1.165) is 23.1 Å². The summed E-state index contributed by atoms with van der Waals surface area (Å²) in [4.78, 5) is 29.3. The number of carbonyl (C=O) groups is 2. The van der Waals surface area contributed by atoms with Gasteiger partial charge in [0.25, 0.3) is 0 Å². The van der Waals surface area contributed by atoms with Gasteiger partial charge in [0.05, 0.1) is 11.9 Å². The summed E-state index contributed by atoms with van der Waals surface area (Å²) in [6.07, 6.45) is 2.50. The number of halogens is 2. The summed E-state index contributed by atoms with van der Waals surface area (Å²) < 4.78 is 26.9. The molecule has 0 saturated carbocycles. The first kappa shape index (κ1) is 34.4. The highest BCUT2D eigenvalue weighted by molar-refractivity contribution is 7.92. The highest BCUT2D eigenvalue weighted by atomic mass is 35.5. The Hall–Kier alpha value is -3.07. The molecule has 3 aromatic rings. The van der Waals surface area contributed by atoms with E-state index in [0.29, 0.717) is 27.7 Å². The minimum atomic E-state index is -3.61. The Labute approximate surface area is 266 Å². The Morgan fingerprint density at radius 1 is 0.977 bits per heavy atom. The summed E-state index contributed by atoms with van der Waals surface area (Å²) in [5.74, 6) is -0.537. The van der Waals surface area contributed by atoms with Gasteiger partial charge in [-0.25, -0.2) is 8.42 Å². The number of hydrogen-bond acceptors (Lipinski definition) is 4. The summed E-state index contributed by atoms with van der Waals surface area (Å²) in [5.41, 5.74) is 3.99. The predicted molar refractivity (Wildman–Crippen MR) is 176 cm³/mol. The van der Waals surface area contributed by atoms with Crippen LogP contribution in [0, 0.1) is 13.8 Å². The first-order valence-electron chi connectivity index (χ1n) is 14.4. The lowest BCUT2D eigenvalue weighted by atomic mass is 10.0. The summed E-state index contributed by atoms with van der Waals surface area (Å²) in [7, 11) is -3.61. The SMILES string of the molecule is CC[C@H](C)NC(=O)[C@@H](Cc1ccccc1)N(Cc1ccc(Cl)cc1Cl)C(=O)CCCN(c1cccc(C)c1C)S(C)(=O)=O. The summed E-state index contributed by atoms with van der Waals surface area (Å²) in [6.45, 7) is 7.93. The fourth-order valence-electron chi connectivity index (χ4n) is 4.82. The van der Waals surface area contributed by atoms with Gasteiger partial charge in [-0.1, -0.05) is 78.7 Å². The van der Waals surface area contributed by atoms with E-state index in [2.05, 4.69) is 5.32 Å². The number of hydrogen-bond donors (Lipinski definition) is 1. The number of nitrogens with zero attached hydrogens (tertiary/aromatic N) is 2. The van der Waals surface area contributed by atoms with E-state index in [1.165, 1.54) is 10.6 Å². The van der Waals surface area contributed by atoms with Crippen LogP contribution in [0.5, 0.6) is 0 Å². The fraction of sp³-hybridized carbons (Fsp3) is 0.394. The van der Waals surface area contributed by atoms with Gasteiger partial charge in [0.2, 0.25) is 21.8 Å². The number of benzene rings is 3. The summed E-state index contributed by atoms with van der Waals surface area (Å²) >= 11 is 12.7. The Balaban J connectivity index is 1.94. The van der Waals surface area contributed by atoms with Crippen molar-refractivity contribution in [3.63, 3.8) is 0 Å². The van der Waals surface area contributed by atoms with Gasteiger partial charge in [0.15, 0.2) is 0 Å². The van der Waals surface area contributed by atoms with Crippen molar-refractivity contribution in [2.24, 2.45) is 0 Å². The molecule has 0 aliphatic rings. The van der Waals surface area contributed by atoms with E-state index >= 15 is 0 Å². The van der Waals surface area contributed by atoms with E-state index in [1.54, 1.807) is 29.2 Å². The molecule has 0 heterocycles. The first-order chi connectivity index (χ1) is 20.3. The lowest BCUT2D eigenvalue weighted by molar-refractivity contribution is -0.141. The van der Waals surface area contributed by atoms with Crippen LogP contribution in [0.1, 0.15) is 55.4 Å². The Bertz CT molecular complexity index is 1520. The first-order valence-corrected chi connectivity index (χ1v) is 17.0. The minimum Gasteiger partial charge on any atom is -0.352 e. The van der Waals surface area contributed by atoms with Gasteiger partial charge in [0.1, 0.15) is 6.04 Å². The molecule has 3 rings (SSSR count). The topological polar surface area (TPSA) is 86.8 Å². The minimum absolute atomic E-state index is 0.0317. The Morgan fingerprint density at radius 2 is 1.67 bits per heavy atom. The fourth-order valence-corrected chi connectivity index (χ4v) is 6.30. The molecule has 7 nitrogen and oxygen atoms in total. The number of sulfonamides is 1. The van der Waals surface area contributed by atoms with Crippen LogP contribution in [-0.4, -0.2) is 50.0 Å². The molecular weight excluding hydrogens is 605 g/mol. The number of anilines is 1. The molecule has 0 aliphatic heterocycles. The largest absolute Gasteiger partial charge is 0.352 e. The van der Waals surface area contributed by atoms with E-state index in [9.17, 15) is 18.0 Å². The molecule has 0 aliphatic carbocycles. The average molecular weight is 647 g/mol. The third-order valence-corrected chi connectivity index (χ3v) is 9.39. The molecule has 10 heteroatoms. The number of aryl methyl sites for hydroxylation is 1. The third kappa shape index (κ3) is 9.71. The Kier molecular flexibility index (Phi) is 12.5. The molecule has 43 heavy (non-hydrogen) atoms. The average Bonchev–Trinajstić information content (AvgIpc) is 2.95. The number of carbonyl (C=O) groups excluding carboxylic acids is 2. The molecule has 3 aromatic carbocycles. The second kappa shape index (κ2) is 15.6. The zero-order valence-electron chi connectivity index (χ0n) is 25.4. The highest BCUT2D eigenvalue weighted by Crippen LogP contribution is 2.27. The van der Waals surface area contributed by atoms with Crippen molar-refractivity contribution < 1.29 is 18.0 Å².